The maximum Gasteiger partial charge on any atom is 0.311 e. The number of nitro groups is 1. The van der Waals surface area contributed by atoms with Gasteiger partial charge in [-0.05, 0) is 48.7 Å². The zero-order valence-electron chi connectivity index (χ0n) is 15.6. The molecule has 2 aromatic carbocycles. The molecule has 0 radical (unpaired) electrons. The van der Waals surface area contributed by atoms with Crippen LogP contribution in [0.15, 0.2) is 53.1 Å². The third-order valence-corrected chi connectivity index (χ3v) is 4.41. The van der Waals surface area contributed by atoms with Crippen LogP contribution in [0.3, 0.4) is 0 Å². The van der Waals surface area contributed by atoms with Crippen LogP contribution in [0.5, 0.6) is 5.75 Å². The van der Waals surface area contributed by atoms with Gasteiger partial charge in [0.2, 0.25) is 5.76 Å². The van der Waals surface area contributed by atoms with Crippen LogP contribution in [0.4, 0.5) is 5.69 Å². The Kier molecular flexibility index (Phi) is 5.31. The standard InChI is InChI=1S/C20H17N3O6/c1-11-3-4-13(9-12(11)2)15-7-8-29-18(15)20(26)22-21-19(25)14-5-6-17(24)16(10-14)23(27)28/h3-10,24H,1-2H3,(H,21,25)(H,22,26). The van der Waals surface area contributed by atoms with E-state index in [-0.39, 0.29) is 11.3 Å². The van der Waals surface area contributed by atoms with Gasteiger partial charge in [-0.2, -0.15) is 0 Å². The molecule has 3 N–H and O–H groups in total. The molecule has 29 heavy (non-hydrogen) atoms. The number of amides is 2. The van der Waals surface area contributed by atoms with E-state index in [0.29, 0.717) is 5.56 Å². The number of carbonyl (C=O) groups excluding carboxylic acids is 2. The molecule has 0 aliphatic carbocycles. The fourth-order valence-corrected chi connectivity index (χ4v) is 2.67. The first kappa shape index (κ1) is 19.6. The summed E-state index contributed by atoms with van der Waals surface area (Å²) in [6, 6.07) is 10.5. The number of hydrogen-bond donors (Lipinski definition) is 3. The van der Waals surface area contributed by atoms with Crippen molar-refractivity contribution < 1.29 is 24.0 Å². The van der Waals surface area contributed by atoms with Crippen LogP contribution in [0, 0.1) is 24.0 Å². The maximum atomic E-state index is 12.4. The summed E-state index contributed by atoms with van der Waals surface area (Å²) in [5.74, 6) is -2.04. The van der Waals surface area contributed by atoms with Crippen molar-refractivity contribution in [3.63, 3.8) is 0 Å². The largest absolute Gasteiger partial charge is 0.502 e. The number of carbonyl (C=O) groups is 2. The Hall–Kier alpha value is -4.14. The van der Waals surface area contributed by atoms with E-state index in [1.54, 1.807) is 6.07 Å². The predicted octanol–water partition coefficient (Wildman–Crippen LogP) is 3.25. The summed E-state index contributed by atoms with van der Waals surface area (Å²) in [5.41, 5.74) is 7.16. The summed E-state index contributed by atoms with van der Waals surface area (Å²) < 4.78 is 5.27. The normalized spacial score (nSPS) is 10.4. The number of aryl methyl sites for hydroxylation is 2. The van der Waals surface area contributed by atoms with Gasteiger partial charge in [0.15, 0.2) is 5.75 Å². The summed E-state index contributed by atoms with van der Waals surface area (Å²) in [7, 11) is 0. The first-order valence-electron chi connectivity index (χ1n) is 8.51. The molecule has 148 valence electrons. The molecule has 0 atom stereocenters. The Labute approximate surface area is 165 Å². The molecular formula is C20H17N3O6. The molecule has 3 aromatic rings. The molecule has 1 aromatic heterocycles. The Balaban J connectivity index is 1.74. The van der Waals surface area contributed by atoms with E-state index >= 15 is 0 Å². The van der Waals surface area contributed by atoms with Crippen LogP contribution in [-0.2, 0) is 0 Å². The SMILES string of the molecule is Cc1ccc(-c2ccoc2C(=O)NNC(=O)c2ccc(O)c([N+](=O)[O-])c2)cc1C. The summed E-state index contributed by atoms with van der Waals surface area (Å²) in [4.78, 5) is 34.7. The Bertz CT molecular complexity index is 1120. The molecule has 0 aliphatic rings. The number of hydrazine groups is 1. The van der Waals surface area contributed by atoms with E-state index in [0.717, 1.165) is 28.8 Å². The maximum absolute atomic E-state index is 12.4. The lowest BCUT2D eigenvalue weighted by molar-refractivity contribution is -0.385. The number of furan rings is 1. The minimum Gasteiger partial charge on any atom is -0.502 e. The second kappa shape index (κ2) is 7.85. The van der Waals surface area contributed by atoms with Crippen molar-refractivity contribution in [3.05, 3.63) is 81.3 Å². The van der Waals surface area contributed by atoms with E-state index in [4.69, 9.17) is 4.42 Å². The van der Waals surface area contributed by atoms with Gasteiger partial charge in [0, 0.05) is 17.2 Å². The van der Waals surface area contributed by atoms with Crippen molar-refractivity contribution in [1.82, 2.24) is 10.9 Å². The number of nitrogens with one attached hydrogen (secondary N) is 2. The van der Waals surface area contributed by atoms with Gasteiger partial charge in [0.05, 0.1) is 11.2 Å². The summed E-state index contributed by atoms with van der Waals surface area (Å²) in [6.07, 6.45) is 1.37. The second-order valence-electron chi connectivity index (χ2n) is 6.33. The third kappa shape index (κ3) is 4.08. The molecule has 0 saturated heterocycles. The molecule has 3 rings (SSSR count). The molecule has 0 bridgehead atoms. The monoisotopic (exact) mass is 395 g/mol. The summed E-state index contributed by atoms with van der Waals surface area (Å²) in [6.45, 7) is 3.93. The lowest BCUT2D eigenvalue weighted by atomic mass is 10.0. The number of hydrogen-bond acceptors (Lipinski definition) is 6. The molecule has 0 unspecified atom stereocenters. The number of rotatable bonds is 4. The lowest BCUT2D eigenvalue weighted by Gasteiger charge is -2.08. The highest BCUT2D eigenvalue weighted by Crippen LogP contribution is 2.27. The molecule has 2 amide bonds. The zero-order chi connectivity index (χ0) is 21.1. The van der Waals surface area contributed by atoms with Gasteiger partial charge < -0.3 is 9.52 Å². The predicted molar refractivity (Wildman–Crippen MR) is 103 cm³/mol. The second-order valence-corrected chi connectivity index (χ2v) is 6.33. The molecular weight excluding hydrogens is 378 g/mol. The minimum atomic E-state index is -0.816. The van der Waals surface area contributed by atoms with Gasteiger partial charge in [0.1, 0.15) is 0 Å². The van der Waals surface area contributed by atoms with Crippen molar-refractivity contribution in [2.45, 2.75) is 13.8 Å². The summed E-state index contributed by atoms with van der Waals surface area (Å²) >= 11 is 0. The van der Waals surface area contributed by atoms with Crippen LogP contribution >= 0.6 is 0 Å². The molecule has 0 fully saturated rings. The first-order valence-corrected chi connectivity index (χ1v) is 8.51. The highest BCUT2D eigenvalue weighted by molar-refractivity contribution is 6.01. The average molecular weight is 395 g/mol. The fourth-order valence-electron chi connectivity index (χ4n) is 2.67. The van der Waals surface area contributed by atoms with Gasteiger partial charge >= 0.3 is 11.6 Å². The topological polar surface area (TPSA) is 135 Å². The molecule has 0 aliphatic heterocycles. The smallest absolute Gasteiger partial charge is 0.311 e. The van der Waals surface area contributed by atoms with E-state index in [1.165, 1.54) is 12.3 Å². The fraction of sp³-hybridized carbons (Fsp3) is 0.100. The minimum absolute atomic E-state index is 0.00485. The number of nitrogens with zero attached hydrogens (tertiary/aromatic N) is 1. The van der Waals surface area contributed by atoms with Gasteiger partial charge in [-0.25, -0.2) is 0 Å². The number of phenolic OH excluding ortho intramolecular Hbond substituents is 1. The van der Waals surface area contributed by atoms with Crippen LogP contribution in [-0.4, -0.2) is 21.8 Å². The van der Waals surface area contributed by atoms with Crippen LogP contribution in [0.25, 0.3) is 11.1 Å². The van der Waals surface area contributed by atoms with Crippen molar-refractivity contribution in [3.8, 4) is 16.9 Å². The first-order chi connectivity index (χ1) is 13.8. The van der Waals surface area contributed by atoms with Crippen LogP contribution in [0.2, 0.25) is 0 Å². The number of aromatic hydroxyl groups is 1. The Morgan fingerprint density at radius 1 is 1.00 bits per heavy atom. The van der Waals surface area contributed by atoms with Crippen LogP contribution in [0.1, 0.15) is 32.0 Å². The van der Waals surface area contributed by atoms with Crippen LogP contribution < -0.4 is 10.9 Å². The number of phenols is 1. The number of benzene rings is 2. The lowest BCUT2D eigenvalue weighted by Crippen LogP contribution is -2.41. The van der Waals surface area contributed by atoms with Crippen molar-refractivity contribution >= 4 is 17.5 Å². The Morgan fingerprint density at radius 2 is 1.72 bits per heavy atom. The van der Waals surface area contributed by atoms with Gasteiger partial charge in [-0.15, -0.1) is 0 Å². The quantitative estimate of drug-likeness (QED) is 0.458. The average Bonchev–Trinajstić information content (AvgIpc) is 3.18. The molecule has 0 spiro atoms. The zero-order valence-corrected chi connectivity index (χ0v) is 15.6. The van der Waals surface area contributed by atoms with Crippen molar-refractivity contribution in [1.29, 1.82) is 0 Å². The van der Waals surface area contributed by atoms with E-state index < -0.39 is 28.2 Å². The third-order valence-electron chi connectivity index (χ3n) is 4.41. The van der Waals surface area contributed by atoms with E-state index in [1.807, 2.05) is 32.0 Å². The van der Waals surface area contributed by atoms with E-state index in [2.05, 4.69) is 10.9 Å². The van der Waals surface area contributed by atoms with Crippen molar-refractivity contribution in [2.24, 2.45) is 0 Å². The van der Waals surface area contributed by atoms with E-state index in [9.17, 15) is 24.8 Å². The van der Waals surface area contributed by atoms with Gasteiger partial charge in [0.25, 0.3) is 5.91 Å². The number of nitro benzene ring substituents is 1. The van der Waals surface area contributed by atoms with Gasteiger partial charge in [-0.1, -0.05) is 18.2 Å². The summed E-state index contributed by atoms with van der Waals surface area (Å²) in [5, 5.41) is 20.3. The highest BCUT2D eigenvalue weighted by Gasteiger charge is 2.20. The molecule has 0 saturated carbocycles. The Morgan fingerprint density at radius 3 is 2.41 bits per heavy atom. The highest BCUT2D eigenvalue weighted by atomic mass is 16.6. The molecule has 1 heterocycles. The van der Waals surface area contributed by atoms with Crippen molar-refractivity contribution in [2.75, 3.05) is 0 Å². The molecule has 9 nitrogen and oxygen atoms in total. The molecule has 9 heteroatoms. The van der Waals surface area contributed by atoms with Gasteiger partial charge in [-0.3, -0.25) is 30.6 Å².